The fraction of sp³-hybridized carbons (Fsp3) is 0.250. The molecule has 176 valence electrons. The molecule has 0 unspecified atom stereocenters. The van der Waals surface area contributed by atoms with Crippen LogP contribution in [0.15, 0.2) is 72.8 Å². The van der Waals surface area contributed by atoms with Crippen molar-refractivity contribution < 1.29 is 24.2 Å². The van der Waals surface area contributed by atoms with Crippen molar-refractivity contribution in [2.75, 3.05) is 13.2 Å². The Hall–Kier alpha value is -3.93. The van der Waals surface area contributed by atoms with Gasteiger partial charge in [-0.25, -0.2) is 0 Å². The van der Waals surface area contributed by atoms with Crippen LogP contribution in [-0.4, -0.2) is 35.9 Å². The van der Waals surface area contributed by atoms with Crippen LogP contribution >= 0.6 is 0 Å². The normalized spacial score (nSPS) is 10.5. The number of carbonyl (C=O) groups is 3. The van der Waals surface area contributed by atoms with Crippen LogP contribution in [-0.2, 0) is 11.2 Å². The van der Waals surface area contributed by atoms with Crippen molar-refractivity contribution in [3.8, 4) is 16.9 Å². The molecule has 0 aromatic heterocycles. The molecule has 0 saturated heterocycles. The molecule has 6 heteroatoms. The van der Waals surface area contributed by atoms with Gasteiger partial charge in [-0.15, -0.1) is 0 Å². The number of aliphatic carboxylic acids is 1. The standard InChI is InChI=1S/C28H29NO5/c1-20(30)22-9-11-23(12-10-22)24-13-15-26(16-14-24)34-19-3-2-4-21-5-7-25(8-6-21)28(33)29-18-17-27(31)32/h5-16H,2-4,17-19H2,1H3,(H,29,33)(H,31,32). The lowest BCUT2D eigenvalue weighted by atomic mass is 10.0. The van der Waals surface area contributed by atoms with E-state index >= 15 is 0 Å². The molecular formula is C28H29NO5. The molecule has 0 atom stereocenters. The van der Waals surface area contributed by atoms with E-state index in [0.29, 0.717) is 17.7 Å². The van der Waals surface area contributed by atoms with Crippen LogP contribution in [0.5, 0.6) is 5.75 Å². The Labute approximate surface area is 199 Å². The Morgan fingerprint density at radius 3 is 1.97 bits per heavy atom. The Balaban J connectivity index is 1.37. The fourth-order valence-electron chi connectivity index (χ4n) is 3.47. The first kappa shape index (κ1) is 24.7. The van der Waals surface area contributed by atoms with E-state index in [1.165, 1.54) is 0 Å². The second kappa shape index (κ2) is 12.3. The molecule has 0 saturated carbocycles. The van der Waals surface area contributed by atoms with E-state index in [0.717, 1.165) is 41.7 Å². The molecule has 3 aromatic rings. The molecule has 0 radical (unpaired) electrons. The number of Topliss-reactive ketones (excluding diaryl/α,β-unsaturated/α-hetero) is 1. The summed E-state index contributed by atoms with van der Waals surface area (Å²) in [7, 11) is 0. The van der Waals surface area contributed by atoms with Crippen LogP contribution in [0.4, 0.5) is 0 Å². The van der Waals surface area contributed by atoms with Crippen LogP contribution in [0.1, 0.15) is 52.5 Å². The summed E-state index contributed by atoms with van der Waals surface area (Å²) in [6.07, 6.45) is 2.67. The third-order valence-corrected chi connectivity index (χ3v) is 5.45. The number of ether oxygens (including phenoxy) is 1. The van der Waals surface area contributed by atoms with E-state index < -0.39 is 5.97 Å². The van der Waals surface area contributed by atoms with Crippen molar-refractivity contribution in [2.45, 2.75) is 32.6 Å². The second-order valence-corrected chi connectivity index (χ2v) is 8.06. The molecule has 0 fully saturated rings. The number of benzene rings is 3. The molecule has 0 bridgehead atoms. The number of carbonyl (C=O) groups excluding carboxylic acids is 2. The van der Waals surface area contributed by atoms with E-state index in [2.05, 4.69) is 5.32 Å². The largest absolute Gasteiger partial charge is 0.494 e. The van der Waals surface area contributed by atoms with Gasteiger partial charge in [0.15, 0.2) is 5.78 Å². The molecule has 34 heavy (non-hydrogen) atoms. The predicted molar refractivity (Wildman–Crippen MR) is 131 cm³/mol. The smallest absolute Gasteiger partial charge is 0.305 e. The van der Waals surface area contributed by atoms with Crippen LogP contribution in [0.2, 0.25) is 0 Å². The number of carboxylic acids is 1. The van der Waals surface area contributed by atoms with Crippen LogP contribution in [0.3, 0.4) is 0 Å². The summed E-state index contributed by atoms with van der Waals surface area (Å²) < 4.78 is 5.85. The topological polar surface area (TPSA) is 92.7 Å². The molecule has 0 aliphatic carbocycles. The molecule has 0 spiro atoms. The van der Waals surface area contributed by atoms with Crippen molar-refractivity contribution in [3.63, 3.8) is 0 Å². The van der Waals surface area contributed by atoms with Gasteiger partial charge < -0.3 is 15.2 Å². The zero-order chi connectivity index (χ0) is 24.3. The van der Waals surface area contributed by atoms with Gasteiger partial charge in [-0.3, -0.25) is 14.4 Å². The van der Waals surface area contributed by atoms with Crippen molar-refractivity contribution in [1.82, 2.24) is 5.32 Å². The van der Waals surface area contributed by atoms with E-state index in [1.54, 1.807) is 19.1 Å². The summed E-state index contributed by atoms with van der Waals surface area (Å²) in [5.41, 5.74) is 4.50. The van der Waals surface area contributed by atoms with Crippen molar-refractivity contribution in [1.29, 1.82) is 0 Å². The predicted octanol–water partition coefficient (Wildman–Crippen LogP) is 5.16. The average Bonchev–Trinajstić information content (AvgIpc) is 2.84. The summed E-state index contributed by atoms with van der Waals surface area (Å²) in [4.78, 5) is 33.9. The third kappa shape index (κ3) is 7.59. The number of carboxylic acid groups (broad SMARTS) is 1. The lowest BCUT2D eigenvalue weighted by molar-refractivity contribution is -0.136. The lowest BCUT2D eigenvalue weighted by Crippen LogP contribution is -2.25. The molecule has 0 aliphatic heterocycles. The maximum atomic E-state index is 12.0. The highest BCUT2D eigenvalue weighted by atomic mass is 16.5. The quantitative estimate of drug-likeness (QED) is 0.288. The van der Waals surface area contributed by atoms with Crippen molar-refractivity contribution in [2.24, 2.45) is 0 Å². The highest BCUT2D eigenvalue weighted by molar-refractivity contribution is 5.95. The number of nitrogens with one attached hydrogen (secondary N) is 1. The van der Waals surface area contributed by atoms with Gasteiger partial charge in [0.25, 0.3) is 5.91 Å². The summed E-state index contributed by atoms with van der Waals surface area (Å²) in [6.45, 7) is 2.30. The van der Waals surface area contributed by atoms with E-state index in [4.69, 9.17) is 9.84 Å². The Kier molecular flexibility index (Phi) is 8.97. The van der Waals surface area contributed by atoms with Crippen LogP contribution in [0, 0.1) is 0 Å². The summed E-state index contributed by atoms with van der Waals surface area (Å²) in [6, 6.07) is 22.9. The van der Waals surface area contributed by atoms with Gasteiger partial charge in [0.2, 0.25) is 0 Å². The van der Waals surface area contributed by atoms with E-state index in [9.17, 15) is 14.4 Å². The first-order chi connectivity index (χ1) is 16.4. The third-order valence-electron chi connectivity index (χ3n) is 5.45. The molecule has 2 N–H and O–H groups in total. The lowest BCUT2D eigenvalue weighted by Gasteiger charge is -2.08. The number of amides is 1. The number of ketones is 1. The van der Waals surface area contributed by atoms with Crippen LogP contribution in [0.25, 0.3) is 11.1 Å². The number of rotatable bonds is 12. The maximum absolute atomic E-state index is 12.0. The highest BCUT2D eigenvalue weighted by Crippen LogP contribution is 2.23. The van der Waals surface area contributed by atoms with Crippen molar-refractivity contribution >= 4 is 17.7 Å². The zero-order valence-corrected chi connectivity index (χ0v) is 19.3. The fourth-order valence-corrected chi connectivity index (χ4v) is 3.47. The van der Waals surface area contributed by atoms with Gasteiger partial charge in [-0.05, 0) is 67.1 Å². The molecule has 3 rings (SSSR count). The molecule has 1 amide bonds. The number of unbranched alkanes of at least 4 members (excludes halogenated alkanes) is 1. The Bertz CT molecular complexity index is 1100. The van der Waals surface area contributed by atoms with E-state index in [1.807, 2.05) is 60.7 Å². The van der Waals surface area contributed by atoms with Crippen LogP contribution < -0.4 is 10.1 Å². The summed E-state index contributed by atoms with van der Waals surface area (Å²) in [5, 5.41) is 11.2. The molecule has 0 aliphatic rings. The number of aryl methyl sites for hydroxylation is 1. The summed E-state index contributed by atoms with van der Waals surface area (Å²) in [5.74, 6) is -0.318. The van der Waals surface area contributed by atoms with Gasteiger partial charge >= 0.3 is 5.97 Å². The van der Waals surface area contributed by atoms with Gasteiger partial charge in [-0.1, -0.05) is 48.5 Å². The summed E-state index contributed by atoms with van der Waals surface area (Å²) >= 11 is 0. The SMILES string of the molecule is CC(=O)c1ccc(-c2ccc(OCCCCc3ccc(C(=O)NCCC(=O)O)cc3)cc2)cc1. The minimum atomic E-state index is -0.936. The monoisotopic (exact) mass is 459 g/mol. The number of hydrogen-bond donors (Lipinski definition) is 2. The van der Waals surface area contributed by atoms with Gasteiger partial charge in [0.1, 0.15) is 5.75 Å². The van der Waals surface area contributed by atoms with Gasteiger partial charge in [0.05, 0.1) is 13.0 Å². The zero-order valence-electron chi connectivity index (χ0n) is 19.3. The van der Waals surface area contributed by atoms with E-state index in [-0.39, 0.29) is 24.7 Å². The molecule has 0 heterocycles. The van der Waals surface area contributed by atoms with Gasteiger partial charge in [-0.2, -0.15) is 0 Å². The highest BCUT2D eigenvalue weighted by Gasteiger charge is 2.06. The second-order valence-electron chi connectivity index (χ2n) is 8.06. The Morgan fingerprint density at radius 1 is 0.794 bits per heavy atom. The average molecular weight is 460 g/mol. The Morgan fingerprint density at radius 2 is 1.38 bits per heavy atom. The van der Waals surface area contributed by atoms with Gasteiger partial charge in [0, 0.05) is 17.7 Å². The first-order valence-corrected chi connectivity index (χ1v) is 11.4. The maximum Gasteiger partial charge on any atom is 0.305 e. The number of hydrogen-bond acceptors (Lipinski definition) is 4. The first-order valence-electron chi connectivity index (χ1n) is 11.4. The minimum absolute atomic E-state index is 0.0599. The molecule has 6 nitrogen and oxygen atoms in total. The molecular weight excluding hydrogens is 430 g/mol. The minimum Gasteiger partial charge on any atom is -0.494 e. The molecule has 3 aromatic carbocycles. The van der Waals surface area contributed by atoms with Crippen molar-refractivity contribution in [3.05, 3.63) is 89.5 Å².